The van der Waals surface area contributed by atoms with Gasteiger partial charge in [-0.3, -0.25) is 0 Å². The van der Waals surface area contributed by atoms with Gasteiger partial charge < -0.3 is 5.32 Å². The standard InChI is InChI=1S/C14H16ClN3O2S/c15-13-6-12(4-3-10(13)7-16)21(19,20)18-8-11-2-1-5-17-14(11)9-18/h3-4,6,11,14,17H,1-2,5,8-9H2. The van der Waals surface area contributed by atoms with Gasteiger partial charge in [-0.05, 0) is 43.5 Å². The fourth-order valence-electron chi connectivity index (χ4n) is 3.10. The van der Waals surface area contributed by atoms with Crippen LogP contribution in [0.4, 0.5) is 0 Å². The number of nitrogens with zero attached hydrogens (tertiary/aromatic N) is 2. The van der Waals surface area contributed by atoms with Crippen molar-refractivity contribution in [1.29, 1.82) is 5.26 Å². The van der Waals surface area contributed by atoms with Gasteiger partial charge in [0.1, 0.15) is 6.07 Å². The van der Waals surface area contributed by atoms with E-state index in [1.54, 1.807) is 0 Å². The van der Waals surface area contributed by atoms with Crippen molar-refractivity contribution in [3.8, 4) is 6.07 Å². The van der Waals surface area contributed by atoms with Crippen LogP contribution in [-0.4, -0.2) is 38.4 Å². The molecule has 3 rings (SSSR count). The van der Waals surface area contributed by atoms with Crippen molar-refractivity contribution < 1.29 is 8.42 Å². The van der Waals surface area contributed by atoms with Gasteiger partial charge in [-0.15, -0.1) is 0 Å². The molecule has 0 radical (unpaired) electrons. The SMILES string of the molecule is N#Cc1ccc(S(=O)(=O)N2CC3CCCNC3C2)cc1Cl. The quantitative estimate of drug-likeness (QED) is 0.896. The summed E-state index contributed by atoms with van der Waals surface area (Å²) in [5.74, 6) is 0.391. The summed E-state index contributed by atoms with van der Waals surface area (Å²) in [6, 6.07) is 6.46. The van der Waals surface area contributed by atoms with Crippen molar-refractivity contribution in [2.24, 2.45) is 5.92 Å². The molecule has 2 unspecified atom stereocenters. The summed E-state index contributed by atoms with van der Waals surface area (Å²) in [5, 5.41) is 12.4. The van der Waals surface area contributed by atoms with Crippen LogP contribution in [0.1, 0.15) is 18.4 Å². The Morgan fingerprint density at radius 3 is 2.86 bits per heavy atom. The Balaban J connectivity index is 1.87. The molecule has 2 heterocycles. The van der Waals surface area contributed by atoms with Gasteiger partial charge in [0.15, 0.2) is 0 Å². The van der Waals surface area contributed by atoms with Gasteiger partial charge in [-0.1, -0.05) is 11.6 Å². The molecule has 7 heteroatoms. The smallest absolute Gasteiger partial charge is 0.243 e. The van der Waals surface area contributed by atoms with Gasteiger partial charge in [0.05, 0.1) is 15.5 Å². The third-order valence-electron chi connectivity index (χ3n) is 4.26. The minimum atomic E-state index is -3.54. The Labute approximate surface area is 129 Å². The second-order valence-corrected chi connectivity index (χ2v) is 7.88. The van der Waals surface area contributed by atoms with Gasteiger partial charge in [0, 0.05) is 19.1 Å². The molecule has 0 saturated carbocycles. The van der Waals surface area contributed by atoms with E-state index in [-0.39, 0.29) is 21.5 Å². The average molecular weight is 326 g/mol. The lowest BCUT2D eigenvalue weighted by molar-refractivity contribution is 0.339. The van der Waals surface area contributed by atoms with Gasteiger partial charge in [0.2, 0.25) is 10.0 Å². The maximum atomic E-state index is 12.7. The molecule has 2 saturated heterocycles. The lowest BCUT2D eigenvalue weighted by atomic mass is 9.94. The predicted octanol–water partition coefficient (Wildman–Crippen LogP) is 1.58. The normalized spacial score (nSPS) is 26.3. The molecule has 0 bridgehead atoms. The molecule has 2 aliphatic heterocycles. The Bertz CT molecular complexity index is 685. The van der Waals surface area contributed by atoms with Gasteiger partial charge in [-0.2, -0.15) is 9.57 Å². The largest absolute Gasteiger partial charge is 0.312 e. The number of rotatable bonds is 2. The number of nitrogens with one attached hydrogen (secondary N) is 1. The van der Waals surface area contributed by atoms with Crippen LogP contribution in [0.5, 0.6) is 0 Å². The first-order valence-corrected chi connectivity index (χ1v) is 8.77. The van der Waals surface area contributed by atoms with Crippen LogP contribution in [0.15, 0.2) is 23.1 Å². The number of fused-ring (bicyclic) bond motifs is 1. The highest BCUT2D eigenvalue weighted by atomic mass is 35.5. The van der Waals surface area contributed by atoms with Crippen LogP contribution < -0.4 is 5.32 Å². The number of benzene rings is 1. The van der Waals surface area contributed by atoms with E-state index in [0.717, 1.165) is 19.4 Å². The van der Waals surface area contributed by atoms with Crippen molar-refractivity contribution in [2.45, 2.75) is 23.8 Å². The second kappa shape index (κ2) is 5.58. The van der Waals surface area contributed by atoms with Crippen molar-refractivity contribution in [3.63, 3.8) is 0 Å². The zero-order valence-electron chi connectivity index (χ0n) is 11.4. The lowest BCUT2D eigenvalue weighted by Crippen LogP contribution is -2.41. The number of piperidine rings is 1. The van der Waals surface area contributed by atoms with Crippen LogP contribution >= 0.6 is 11.6 Å². The molecule has 2 fully saturated rings. The van der Waals surface area contributed by atoms with Crippen molar-refractivity contribution in [2.75, 3.05) is 19.6 Å². The molecule has 0 spiro atoms. The van der Waals surface area contributed by atoms with Crippen molar-refractivity contribution in [1.82, 2.24) is 9.62 Å². The molecule has 0 aliphatic carbocycles. The third-order valence-corrected chi connectivity index (χ3v) is 6.40. The molecule has 2 aliphatic rings. The van der Waals surface area contributed by atoms with Crippen LogP contribution in [0.25, 0.3) is 0 Å². The monoisotopic (exact) mass is 325 g/mol. The Hall–Kier alpha value is -1.13. The van der Waals surface area contributed by atoms with Gasteiger partial charge in [0.25, 0.3) is 0 Å². The maximum absolute atomic E-state index is 12.7. The van der Waals surface area contributed by atoms with E-state index in [4.69, 9.17) is 16.9 Å². The molecule has 1 N–H and O–H groups in total. The molecule has 5 nitrogen and oxygen atoms in total. The Morgan fingerprint density at radius 1 is 1.38 bits per heavy atom. The zero-order chi connectivity index (χ0) is 15.0. The molecule has 21 heavy (non-hydrogen) atoms. The fourth-order valence-corrected chi connectivity index (χ4v) is 4.94. The van der Waals surface area contributed by atoms with E-state index >= 15 is 0 Å². The topological polar surface area (TPSA) is 73.2 Å². The second-order valence-electron chi connectivity index (χ2n) is 5.54. The number of sulfonamides is 1. The van der Waals surface area contributed by atoms with E-state index in [9.17, 15) is 8.42 Å². The van der Waals surface area contributed by atoms with E-state index in [0.29, 0.717) is 19.0 Å². The van der Waals surface area contributed by atoms with Gasteiger partial charge >= 0.3 is 0 Å². The van der Waals surface area contributed by atoms with Crippen LogP contribution in [0.3, 0.4) is 0 Å². The third kappa shape index (κ3) is 2.67. The van der Waals surface area contributed by atoms with Crippen LogP contribution in [0.2, 0.25) is 5.02 Å². The summed E-state index contributed by atoms with van der Waals surface area (Å²) < 4.78 is 26.9. The number of halogens is 1. The van der Waals surface area contributed by atoms with E-state index < -0.39 is 10.0 Å². The molecular weight excluding hydrogens is 310 g/mol. The molecule has 0 amide bonds. The van der Waals surface area contributed by atoms with Gasteiger partial charge in [-0.25, -0.2) is 8.42 Å². The van der Waals surface area contributed by atoms with Crippen molar-refractivity contribution >= 4 is 21.6 Å². The molecule has 112 valence electrons. The lowest BCUT2D eigenvalue weighted by Gasteiger charge is -2.24. The summed E-state index contributed by atoms with van der Waals surface area (Å²) >= 11 is 5.95. The highest BCUT2D eigenvalue weighted by Crippen LogP contribution is 2.30. The number of hydrogen-bond acceptors (Lipinski definition) is 4. The van der Waals surface area contributed by atoms with E-state index in [1.165, 1.54) is 22.5 Å². The predicted molar refractivity (Wildman–Crippen MR) is 79.4 cm³/mol. The fraction of sp³-hybridized carbons (Fsp3) is 0.500. The first-order valence-electron chi connectivity index (χ1n) is 6.95. The highest BCUT2D eigenvalue weighted by Gasteiger charge is 2.40. The van der Waals surface area contributed by atoms with E-state index in [2.05, 4.69) is 5.32 Å². The molecule has 1 aromatic rings. The Morgan fingerprint density at radius 2 is 2.19 bits per heavy atom. The van der Waals surface area contributed by atoms with Crippen LogP contribution in [-0.2, 0) is 10.0 Å². The van der Waals surface area contributed by atoms with Crippen molar-refractivity contribution in [3.05, 3.63) is 28.8 Å². The number of hydrogen-bond donors (Lipinski definition) is 1. The highest BCUT2D eigenvalue weighted by molar-refractivity contribution is 7.89. The summed E-state index contributed by atoms with van der Waals surface area (Å²) in [4.78, 5) is 0.158. The summed E-state index contributed by atoms with van der Waals surface area (Å²) in [6.45, 7) is 2.01. The summed E-state index contributed by atoms with van der Waals surface area (Å²) in [6.07, 6.45) is 2.16. The maximum Gasteiger partial charge on any atom is 0.243 e. The first kappa shape index (κ1) is 14.8. The minimum absolute atomic E-state index is 0.158. The minimum Gasteiger partial charge on any atom is -0.312 e. The zero-order valence-corrected chi connectivity index (χ0v) is 13.0. The molecule has 0 aromatic heterocycles. The summed E-state index contributed by atoms with van der Waals surface area (Å²) in [5.41, 5.74) is 0.285. The molecule has 2 atom stereocenters. The number of nitriles is 1. The van der Waals surface area contributed by atoms with Crippen LogP contribution in [0, 0.1) is 17.2 Å². The summed E-state index contributed by atoms with van der Waals surface area (Å²) in [7, 11) is -3.54. The van der Waals surface area contributed by atoms with E-state index in [1.807, 2.05) is 6.07 Å². The Kier molecular flexibility index (Phi) is 3.93. The molecule has 1 aromatic carbocycles. The first-order chi connectivity index (χ1) is 10.0. The average Bonchev–Trinajstić information content (AvgIpc) is 2.92. The molecular formula is C14H16ClN3O2S.